The summed E-state index contributed by atoms with van der Waals surface area (Å²) in [6.45, 7) is -0.597. The highest BCUT2D eigenvalue weighted by molar-refractivity contribution is 7.92. The molecule has 0 aliphatic carbocycles. The number of hydrogen-bond donors (Lipinski definition) is 1. The van der Waals surface area contributed by atoms with Gasteiger partial charge in [-0.3, -0.25) is 19.2 Å². The Hall–Kier alpha value is -2.98. The summed E-state index contributed by atoms with van der Waals surface area (Å²) < 4.78 is 24.8. The standard InChI is InChI=1S/C16H15ClN4O5S/c1-27(25,26)20(13-6-4-7-14(9-13)21(23)24)11-16(22)19-18-10-12-5-2-3-8-15(12)17/h2-10H,11H2,1H3,(H,19,22)/b18-10-. The lowest BCUT2D eigenvalue weighted by Gasteiger charge is -2.21. The largest absolute Gasteiger partial charge is 0.271 e. The summed E-state index contributed by atoms with van der Waals surface area (Å²) in [5.41, 5.74) is 2.47. The fraction of sp³-hybridized carbons (Fsp3) is 0.125. The number of carbonyl (C=O) groups excluding carboxylic acids is 1. The summed E-state index contributed by atoms with van der Waals surface area (Å²) in [5.74, 6) is -0.727. The molecule has 0 aliphatic rings. The molecule has 27 heavy (non-hydrogen) atoms. The van der Waals surface area contributed by atoms with Crippen molar-refractivity contribution in [3.05, 3.63) is 69.2 Å². The Balaban J connectivity index is 2.15. The minimum Gasteiger partial charge on any atom is -0.271 e. The second-order valence-electron chi connectivity index (χ2n) is 5.36. The summed E-state index contributed by atoms with van der Waals surface area (Å²) in [7, 11) is -3.86. The van der Waals surface area contributed by atoms with Crippen LogP contribution in [0.1, 0.15) is 5.56 Å². The van der Waals surface area contributed by atoms with Crippen LogP contribution in [-0.4, -0.2) is 38.3 Å². The molecule has 1 N–H and O–H groups in total. The minimum atomic E-state index is -3.86. The number of rotatable bonds is 7. The fourth-order valence-corrected chi connectivity index (χ4v) is 3.11. The van der Waals surface area contributed by atoms with Crippen LogP contribution in [0.25, 0.3) is 0 Å². The Morgan fingerprint density at radius 2 is 2.00 bits per heavy atom. The number of hydrazone groups is 1. The zero-order valence-corrected chi connectivity index (χ0v) is 15.6. The van der Waals surface area contributed by atoms with Crippen molar-refractivity contribution in [3.8, 4) is 0 Å². The monoisotopic (exact) mass is 410 g/mol. The van der Waals surface area contributed by atoms with Crippen LogP contribution in [0.3, 0.4) is 0 Å². The average Bonchev–Trinajstić information content (AvgIpc) is 2.60. The molecule has 2 rings (SSSR count). The normalized spacial score (nSPS) is 11.3. The molecule has 0 atom stereocenters. The maximum atomic E-state index is 12.1. The van der Waals surface area contributed by atoms with E-state index < -0.39 is 27.4 Å². The highest BCUT2D eigenvalue weighted by Crippen LogP contribution is 2.22. The first-order valence-corrected chi connectivity index (χ1v) is 9.69. The zero-order valence-electron chi connectivity index (χ0n) is 14.1. The Labute approximate surface area is 160 Å². The molecule has 11 heteroatoms. The van der Waals surface area contributed by atoms with Crippen LogP contribution >= 0.6 is 11.6 Å². The first kappa shape index (κ1) is 20.3. The SMILES string of the molecule is CS(=O)(=O)N(CC(=O)N/N=C\c1ccccc1Cl)c1cccc([N+](=O)[O-])c1. The van der Waals surface area contributed by atoms with E-state index in [1.165, 1.54) is 24.4 Å². The smallest absolute Gasteiger partial charge is 0.271 e. The molecule has 9 nitrogen and oxygen atoms in total. The van der Waals surface area contributed by atoms with E-state index in [0.717, 1.165) is 16.6 Å². The quantitative estimate of drug-likeness (QED) is 0.425. The molecule has 0 saturated carbocycles. The maximum absolute atomic E-state index is 12.1. The molecule has 0 saturated heterocycles. The van der Waals surface area contributed by atoms with Gasteiger partial charge in [-0.25, -0.2) is 13.8 Å². The Bertz CT molecular complexity index is 994. The number of carbonyl (C=O) groups is 1. The van der Waals surface area contributed by atoms with Gasteiger partial charge in [0.1, 0.15) is 6.54 Å². The lowest BCUT2D eigenvalue weighted by molar-refractivity contribution is -0.384. The van der Waals surface area contributed by atoms with Gasteiger partial charge < -0.3 is 0 Å². The second-order valence-corrected chi connectivity index (χ2v) is 7.68. The topological polar surface area (TPSA) is 122 Å². The third kappa shape index (κ3) is 5.76. The molecule has 0 bridgehead atoms. The minimum absolute atomic E-state index is 0.00284. The number of nitrogens with one attached hydrogen (secondary N) is 1. The number of hydrogen-bond acceptors (Lipinski definition) is 6. The highest BCUT2D eigenvalue weighted by atomic mass is 35.5. The van der Waals surface area contributed by atoms with Crippen LogP contribution in [0.4, 0.5) is 11.4 Å². The maximum Gasteiger partial charge on any atom is 0.271 e. The molecular formula is C16H15ClN4O5S. The van der Waals surface area contributed by atoms with E-state index in [1.54, 1.807) is 24.3 Å². The van der Waals surface area contributed by atoms with Crippen molar-refractivity contribution >= 4 is 45.1 Å². The van der Waals surface area contributed by atoms with Crippen LogP contribution < -0.4 is 9.73 Å². The lowest BCUT2D eigenvalue weighted by atomic mass is 10.2. The second kappa shape index (κ2) is 8.60. The fourth-order valence-electron chi connectivity index (χ4n) is 2.08. The first-order valence-electron chi connectivity index (χ1n) is 7.47. The zero-order chi connectivity index (χ0) is 20.0. The van der Waals surface area contributed by atoms with Crippen LogP contribution in [0.2, 0.25) is 5.02 Å². The van der Waals surface area contributed by atoms with Crippen molar-refractivity contribution < 1.29 is 18.1 Å². The predicted molar refractivity (Wildman–Crippen MR) is 102 cm³/mol. The summed E-state index contributed by atoms with van der Waals surface area (Å²) in [5, 5.41) is 15.1. The van der Waals surface area contributed by atoms with Crippen LogP contribution in [-0.2, 0) is 14.8 Å². The number of nitrogens with zero attached hydrogens (tertiary/aromatic N) is 3. The van der Waals surface area contributed by atoms with E-state index in [2.05, 4.69) is 10.5 Å². The Morgan fingerprint density at radius 3 is 2.63 bits per heavy atom. The molecule has 2 aromatic carbocycles. The van der Waals surface area contributed by atoms with E-state index in [4.69, 9.17) is 11.6 Å². The van der Waals surface area contributed by atoms with Crippen LogP contribution in [0.15, 0.2) is 53.6 Å². The van der Waals surface area contributed by atoms with Gasteiger partial charge in [0.2, 0.25) is 10.0 Å². The Morgan fingerprint density at radius 1 is 1.30 bits per heavy atom. The molecule has 142 valence electrons. The summed E-state index contributed by atoms with van der Waals surface area (Å²) >= 11 is 5.96. The number of nitro groups is 1. The molecule has 0 heterocycles. The number of sulfonamides is 1. The van der Waals surface area contributed by atoms with Gasteiger partial charge in [0, 0.05) is 22.7 Å². The summed E-state index contributed by atoms with van der Waals surface area (Å²) in [6, 6.07) is 11.8. The Kier molecular flexibility index (Phi) is 6.48. The predicted octanol–water partition coefficient (Wildman–Crippen LogP) is 2.16. The van der Waals surface area contributed by atoms with E-state index in [0.29, 0.717) is 10.6 Å². The van der Waals surface area contributed by atoms with Crippen LogP contribution in [0.5, 0.6) is 0 Å². The van der Waals surface area contributed by atoms with E-state index >= 15 is 0 Å². The third-order valence-corrected chi connectivity index (χ3v) is 4.80. The van der Waals surface area contributed by atoms with Crippen LogP contribution in [0, 0.1) is 10.1 Å². The van der Waals surface area contributed by atoms with Gasteiger partial charge in [-0.05, 0) is 12.1 Å². The number of anilines is 1. The lowest BCUT2D eigenvalue weighted by Crippen LogP contribution is -2.39. The molecule has 0 radical (unpaired) electrons. The van der Waals surface area contributed by atoms with E-state index in [9.17, 15) is 23.3 Å². The van der Waals surface area contributed by atoms with Gasteiger partial charge in [-0.1, -0.05) is 35.9 Å². The van der Waals surface area contributed by atoms with Crippen molar-refractivity contribution in [3.63, 3.8) is 0 Å². The number of non-ortho nitro benzene ring substituents is 1. The third-order valence-electron chi connectivity index (χ3n) is 3.31. The molecule has 0 aromatic heterocycles. The molecule has 0 unspecified atom stereocenters. The first-order chi connectivity index (χ1) is 12.7. The molecule has 1 amide bonds. The van der Waals surface area contributed by atoms with Crippen molar-refractivity contribution in [2.75, 3.05) is 17.1 Å². The number of benzene rings is 2. The van der Waals surface area contributed by atoms with Gasteiger partial charge >= 0.3 is 0 Å². The molecule has 0 aliphatic heterocycles. The average molecular weight is 411 g/mol. The number of nitro benzene ring substituents is 1. The van der Waals surface area contributed by atoms with E-state index in [-0.39, 0.29) is 11.4 Å². The molecule has 0 fully saturated rings. The van der Waals surface area contributed by atoms with Crippen molar-refractivity contribution in [1.82, 2.24) is 5.43 Å². The number of amides is 1. The molecular weight excluding hydrogens is 396 g/mol. The number of halogens is 1. The van der Waals surface area contributed by atoms with Gasteiger partial charge in [-0.15, -0.1) is 0 Å². The van der Waals surface area contributed by atoms with Gasteiger partial charge in [0.05, 0.1) is 23.1 Å². The molecule has 2 aromatic rings. The van der Waals surface area contributed by atoms with Crippen molar-refractivity contribution in [2.24, 2.45) is 5.10 Å². The van der Waals surface area contributed by atoms with Gasteiger partial charge in [0.15, 0.2) is 0 Å². The summed E-state index contributed by atoms with van der Waals surface area (Å²) in [6.07, 6.45) is 2.21. The highest BCUT2D eigenvalue weighted by Gasteiger charge is 2.22. The van der Waals surface area contributed by atoms with Crippen molar-refractivity contribution in [2.45, 2.75) is 0 Å². The van der Waals surface area contributed by atoms with Gasteiger partial charge in [0.25, 0.3) is 11.6 Å². The molecule has 0 spiro atoms. The summed E-state index contributed by atoms with van der Waals surface area (Å²) in [4.78, 5) is 22.3. The van der Waals surface area contributed by atoms with Gasteiger partial charge in [-0.2, -0.15) is 5.10 Å². The van der Waals surface area contributed by atoms with Crippen molar-refractivity contribution in [1.29, 1.82) is 0 Å². The van der Waals surface area contributed by atoms with E-state index in [1.807, 2.05) is 0 Å².